The lowest BCUT2D eigenvalue weighted by Gasteiger charge is -2.10. The first kappa shape index (κ1) is 11.1. The molecule has 0 aromatic heterocycles. The summed E-state index contributed by atoms with van der Waals surface area (Å²) in [5.74, 6) is -0.0526. The van der Waals surface area contributed by atoms with Crippen LogP contribution in [0, 0.1) is 0 Å². The van der Waals surface area contributed by atoms with Gasteiger partial charge >= 0.3 is 0 Å². The van der Waals surface area contributed by atoms with E-state index in [0.717, 1.165) is 25.5 Å². The van der Waals surface area contributed by atoms with Crippen LogP contribution in [0.25, 0.3) is 0 Å². The summed E-state index contributed by atoms with van der Waals surface area (Å²) in [7, 11) is 0. The fraction of sp³-hybridized carbons (Fsp3) is 0.778. The second kappa shape index (κ2) is 6.83. The smallest absolute Gasteiger partial charge is 0.220 e. The Labute approximate surface area is 73.5 Å². The van der Waals surface area contributed by atoms with Crippen molar-refractivity contribution >= 4 is 12.2 Å². The Morgan fingerprint density at radius 3 is 2.58 bits per heavy atom. The summed E-state index contributed by atoms with van der Waals surface area (Å²) >= 11 is 0. The summed E-state index contributed by atoms with van der Waals surface area (Å²) in [5, 5.41) is 2.64. The van der Waals surface area contributed by atoms with Crippen LogP contribution in [0.15, 0.2) is 0 Å². The molecule has 0 saturated heterocycles. The highest BCUT2D eigenvalue weighted by molar-refractivity contribution is 5.79. The van der Waals surface area contributed by atoms with Gasteiger partial charge in [-0.3, -0.25) is 4.79 Å². The maximum Gasteiger partial charge on any atom is 0.220 e. The Morgan fingerprint density at radius 2 is 2.17 bits per heavy atom. The van der Waals surface area contributed by atoms with Crippen LogP contribution in [-0.2, 0) is 9.59 Å². The van der Waals surface area contributed by atoms with Crippen molar-refractivity contribution in [3.63, 3.8) is 0 Å². The van der Waals surface area contributed by atoms with Crippen LogP contribution in [0.2, 0.25) is 0 Å². The number of nitrogens with one attached hydrogen (secondary N) is 1. The van der Waals surface area contributed by atoms with Crippen molar-refractivity contribution < 1.29 is 9.59 Å². The van der Waals surface area contributed by atoms with E-state index in [1.54, 1.807) is 6.92 Å². The molecule has 0 aliphatic rings. The van der Waals surface area contributed by atoms with Gasteiger partial charge in [0.05, 0.1) is 6.04 Å². The van der Waals surface area contributed by atoms with Crippen LogP contribution in [0.4, 0.5) is 0 Å². The predicted octanol–water partition coefficient (Wildman–Crippen LogP) is 1.27. The molecule has 0 aliphatic heterocycles. The number of aldehydes is 1. The van der Waals surface area contributed by atoms with Crippen molar-refractivity contribution in [2.24, 2.45) is 0 Å². The van der Waals surface area contributed by atoms with Gasteiger partial charge in [0.2, 0.25) is 5.91 Å². The average molecular weight is 171 g/mol. The number of rotatable bonds is 6. The van der Waals surface area contributed by atoms with Crippen LogP contribution in [0.5, 0.6) is 0 Å². The molecule has 1 atom stereocenters. The van der Waals surface area contributed by atoms with Gasteiger partial charge in [-0.25, -0.2) is 0 Å². The molecule has 1 N–H and O–H groups in total. The molecule has 70 valence electrons. The van der Waals surface area contributed by atoms with Crippen molar-refractivity contribution in [3.05, 3.63) is 0 Å². The van der Waals surface area contributed by atoms with E-state index in [4.69, 9.17) is 0 Å². The highest BCUT2D eigenvalue weighted by atomic mass is 16.2. The number of carbonyl (C=O) groups excluding carboxylic acids is 2. The van der Waals surface area contributed by atoms with Crippen LogP contribution in [0.1, 0.15) is 39.5 Å². The topological polar surface area (TPSA) is 46.2 Å². The van der Waals surface area contributed by atoms with Gasteiger partial charge < -0.3 is 10.1 Å². The second-order valence-electron chi connectivity index (χ2n) is 2.81. The molecule has 0 radical (unpaired) electrons. The molecular weight excluding hydrogens is 154 g/mol. The predicted molar refractivity (Wildman–Crippen MR) is 47.8 cm³/mol. The molecule has 0 aromatic rings. The molecule has 0 bridgehead atoms. The number of hydrogen-bond donors (Lipinski definition) is 1. The average Bonchev–Trinajstić information content (AvgIpc) is 2.11. The Hall–Kier alpha value is -0.860. The van der Waals surface area contributed by atoms with E-state index in [0.29, 0.717) is 6.42 Å². The Kier molecular flexibility index (Phi) is 6.34. The maximum absolute atomic E-state index is 10.9. The highest BCUT2D eigenvalue weighted by Crippen LogP contribution is 1.98. The minimum atomic E-state index is -0.280. The standard InChI is InChI=1S/C9H17NO2/c1-3-5-6-8(7-11)10-9(12)4-2/h7-8H,3-6H2,1-2H3,(H,10,12). The summed E-state index contributed by atoms with van der Waals surface area (Å²) in [6, 6.07) is -0.280. The molecule has 12 heavy (non-hydrogen) atoms. The lowest BCUT2D eigenvalue weighted by atomic mass is 10.1. The number of hydrogen-bond acceptors (Lipinski definition) is 2. The SMILES string of the molecule is CCCCC(C=O)NC(=O)CC. The summed E-state index contributed by atoms with van der Waals surface area (Å²) in [6.07, 6.45) is 4.03. The van der Waals surface area contributed by atoms with Crippen LogP contribution in [-0.4, -0.2) is 18.2 Å². The van der Waals surface area contributed by atoms with E-state index in [1.807, 2.05) is 0 Å². The van der Waals surface area contributed by atoms with Crippen LogP contribution < -0.4 is 5.32 Å². The zero-order valence-corrected chi connectivity index (χ0v) is 7.80. The summed E-state index contributed by atoms with van der Waals surface area (Å²) in [5.41, 5.74) is 0. The van der Waals surface area contributed by atoms with Crippen molar-refractivity contribution in [2.75, 3.05) is 0 Å². The minimum Gasteiger partial charge on any atom is -0.347 e. The van der Waals surface area contributed by atoms with E-state index in [2.05, 4.69) is 12.2 Å². The summed E-state index contributed by atoms with van der Waals surface area (Å²) in [4.78, 5) is 21.3. The number of carbonyl (C=O) groups is 2. The first-order chi connectivity index (χ1) is 5.74. The zero-order chi connectivity index (χ0) is 9.40. The molecule has 0 spiro atoms. The van der Waals surface area contributed by atoms with Crippen molar-refractivity contribution in [1.82, 2.24) is 5.32 Å². The first-order valence-corrected chi connectivity index (χ1v) is 4.49. The van der Waals surface area contributed by atoms with Crippen molar-refractivity contribution in [3.8, 4) is 0 Å². The lowest BCUT2D eigenvalue weighted by molar-refractivity contribution is -0.123. The van der Waals surface area contributed by atoms with E-state index < -0.39 is 0 Å². The van der Waals surface area contributed by atoms with Gasteiger partial charge in [-0.15, -0.1) is 0 Å². The molecule has 0 aromatic carbocycles. The third-order valence-corrected chi connectivity index (χ3v) is 1.70. The molecule has 0 heterocycles. The Balaban J connectivity index is 3.66. The Bertz CT molecular complexity index is 145. The van der Waals surface area contributed by atoms with Gasteiger partial charge in [0.15, 0.2) is 0 Å². The summed E-state index contributed by atoms with van der Waals surface area (Å²) in [6.45, 7) is 3.83. The monoisotopic (exact) mass is 171 g/mol. The van der Waals surface area contributed by atoms with Gasteiger partial charge in [-0.05, 0) is 6.42 Å². The molecule has 1 amide bonds. The maximum atomic E-state index is 10.9. The van der Waals surface area contributed by atoms with E-state index in [9.17, 15) is 9.59 Å². The fourth-order valence-corrected chi connectivity index (χ4v) is 0.907. The quantitative estimate of drug-likeness (QED) is 0.612. The van der Waals surface area contributed by atoms with Crippen LogP contribution >= 0.6 is 0 Å². The molecule has 1 unspecified atom stereocenters. The molecule has 0 fully saturated rings. The third kappa shape index (κ3) is 4.88. The molecule has 3 heteroatoms. The third-order valence-electron chi connectivity index (χ3n) is 1.70. The molecule has 3 nitrogen and oxygen atoms in total. The summed E-state index contributed by atoms with van der Waals surface area (Å²) < 4.78 is 0. The van der Waals surface area contributed by atoms with Gasteiger partial charge in [0, 0.05) is 6.42 Å². The lowest BCUT2D eigenvalue weighted by Crippen LogP contribution is -2.35. The number of unbranched alkanes of at least 4 members (excludes halogenated alkanes) is 1. The highest BCUT2D eigenvalue weighted by Gasteiger charge is 2.08. The van der Waals surface area contributed by atoms with E-state index >= 15 is 0 Å². The Morgan fingerprint density at radius 1 is 1.50 bits per heavy atom. The number of amides is 1. The minimum absolute atomic E-state index is 0.0526. The van der Waals surface area contributed by atoms with E-state index in [-0.39, 0.29) is 11.9 Å². The normalized spacial score (nSPS) is 12.2. The van der Waals surface area contributed by atoms with Gasteiger partial charge in [-0.2, -0.15) is 0 Å². The van der Waals surface area contributed by atoms with Crippen molar-refractivity contribution in [2.45, 2.75) is 45.6 Å². The first-order valence-electron chi connectivity index (χ1n) is 4.49. The van der Waals surface area contributed by atoms with Gasteiger partial charge in [0.1, 0.15) is 6.29 Å². The largest absolute Gasteiger partial charge is 0.347 e. The molecular formula is C9H17NO2. The van der Waals surface area contributed by atoms with Gasteiger partial charge in [-0.1, -0.05) is 26.7 Å². The molecule has 0 saturated carbocycles. The second-order valence-corrected chi connectivity index (χ2v) is 2.81. The fourth-order valence-electron chi connectivity index (χ4n) is 0.907. The van der Waals surface area contributed by atoms with Crippen LogP contribution in [0.3, 0.4) is 0 Å². The molecule has 0 rings (SSSR count). The van der Waals surface area contributed by atoms with E-state index in [1.165, 1.54) is 0 Å². The van der Waals surface area contributed by atoms with Gasteiger partial charge in [0.25, 0.3) is 0 Å². The van der Waals surface area contributed by atoms with Crippen molar-refractivity contribution in [1.29, 1.82) is 0 Å². The molecule has 0 aliphatic carbocycles. The zero-order valence-electron chi connectivity index (χ0n) is 7.80.